The number of methoxy groups -OCH3 is 2. The SMILES string of the molecule is CC/C(=C\c1ccc(OC)cc1)c1ccc(OC)cc1. The van der Waals surface area contributed by atoms with E-state index >= 15 is 0 Å². The molecule has 0 bridgehead atoms. The smallest absolute Gasteiger partial charge is 0.118 e. The Kier molecular flexibility index (Phi) is 4.83. The average Bonchev–Trinajstić information content (AvgIpc) is 2.53. The summed E-state index contributed by atoms with van der Waals surface area (Å²) in [7, 11) is 3.36. The zero-order valence-electron chi connectivity index (χ0n) is 12.2. The second kappa shape index (κ2) is 6.80. The predicted molar refractivity (Wildman–Crippen MR) is 84.2 cm³/mol. The van der Waals surface area contributed by atoms with Crippen LogP contribution >= 0.6 is 0 Å². The minimum absolute atomic E-state index is 0.879. The van der Waals surface area contributed by atoms with Crippen molar-refractivity contribution >= 4 is 11.6 Å². The summed E-state index contributed by atoms with van der Waals surface area (Å²) < 4.78 is 10.4. The van der Waals surface area contributed by atoms with E-state index in [4.69, 9.17) is 9.47 Å². The van der Waals surface area contributed by atoms with Gasteiger partial charge < -0.3 is 9.47 Å². The Morgan fingerprint density at radius 2 is 1.35 bits per heavy atom. The quantitative estimate of drug-likeness (QED) is 0.735. The standard InChI is InChI=1S/C18H20O2/c1-4-15(16-7-11-18(20-3)12-8-16)13-14-5-9-17(19-2)10-6-14/h5-13H,4H2,1-3H3/b15-13+. The van der Waals surface area contributed by atoms with Gasteiger partial charge in [-0.05, 0) is 47.4 Å². The van der Waals surface area contributed by atoms with Gasteiger partial charge in [-0.1, -0.05) is 37.3 Å². The number of ether oxygens (including phenoxy) is 2. The third-order valence-electron chi connectivity index (χ3n) is 3.30. The molecule has 0 amide bonds. The summed E-state index contributed by atoms with van der Waals surface area (Å²) in [5, 5.41) is 0. The van der Waals surface area contributed by atoms with Crippen molar-refractivity contribution in [2.75, 3.05) is 14.2 Å². The van der Waals surface area contributed by atoms with Crippen molar-refractivity contribution in [1.29, 1.82) is 0 Å². The van der Waals surface area contributed by atoms with E-state index in [0.717, 1.165) is 17.9 Å². The van der Waals surface area contributed by atoms with Crippen LogP contribution in [0, 0.1) is 0 Å². The van der Waals surface area contributed by atoms with Crippen molar-refractivity contribution < 1.29 is 9.47 Å². The third-order valence-corrected chi connectivity index (χ3v) is 3.30. The zero-order valence-corrected chi connectivity index (χ0v) is 12.2. The molecule has 2 aromatic carbocycles. The van der Waals surface area contributed by atoms with Gasteiger partial charge in [0.15, 0.2) is 0 Å². The van der Waals surface area contributed by atoms with E-state index in [9.17, 15) is 0 Å². The largest absolute Gasteiger partial charge is 0.497 e. The highest BCUT2D eigenvalue weighted by Crippen LogP contribution is 2.24. The summed E-state index contributed by atoms with van der Waals surface area (Å²) in [6.07, 6.45) is 3.19. The molecule has 0 atom stereocenters. The van der Waals surface area contributed by atoms with Gasteiger partial charge in [-0.2, -0.15) is 0 Å². The molecule has 20 heavy (non-hydrogen) atoms. The summed E-state index contributed by atoms with van der Waals surface area (Å²) in [5.74, 6) is 1.76. The molecule has 0 aliphatic rings. The molecule has 2 aromatic rings. The van der Waals surface area contributed by atoms with Gasteiger partial charge in [-0.25, -0.2) is 0 Å². The number of benzene rings is 2. The Morgan fingerprint density at radius 1 is 0.850 bits per heavy atom. The van der Waals surface area contributed by atoms with Crippen LogP contribution in [-0.4, -0.2) is 14.2 Å². The molecule has 104 valence electrons. The molecule has 0 heterocycles. The lowest BCUT2D eigenvalue weighted by molar-refractivity contribution is 0.414. The van der Waals surface area contributed by atoms with Crippen LogP contribution in [0.25, 0.3) is 11.6 Å². The average molecular weight is 268 g/mol. The minimum Gasteiger partial charge on any atom is -0.497 e. The van der Waals surface area contributed by atoms with E-state index in [0.29, 0.717) is 0 Å². The number of hydrogen-bond acceptors (Lipinski definition) is 2. The van der Waals surface area contributed by atoms with Gasteiger partial charge in [0.25, 0.3) is 0 Å². The molecule has 0 fully saturated rings. The summed E-state index contributed by atoms with van der Waals surface area (Å²) in [6.45, 7) is 2.17. The van der Waals surface area contributed by atoms with Crippen molar-refractivity contribution in [2.24, 2.45) is 0 Å². The fourth-order valence-electron chi connectivity index (χ4n) is 2.10. The van der Waals surface area contributed by atoms with E-state index in [2.05, 4.69) is 37.3 Å². The van der Waals surface area contributed by atoms with Crippen molar-refractivity contribution in [1.82, 2.24) is 0 Å². The van der Waals surface area contributed by atoms with Crippen LogP contribution in [0.4, 0.5) is 0 Å². The summed E-state index contributed by atoms with van der Waals surface area (Å²) in [4.78, 5) is 0. The Balaban J connectivity index is 2.26. The number of rotatable bonds is 5. The van der Waals surface area contributed by atoms with Crippen LogP contribution in [0.5, 0.6) is 11.5 Å². The molecule has 0 N–H and O–H groups in total. The van der Waals surface area contributed by atoms with Crippen LogP contribution in [0.3, 0.4) is 0 Å². The monoisotopic (exact) mass is 268 g/mol. The highest BCUT2D eigenvalue weighted by atomic mass is 16.5. The fraction of sp³-hybridized carbons (Fsp3) is 0.222. The predicted octanol–water partition coefficient (Wildman–Crippen LogP) is 4.65. The Hall–Kier alpha value is -2.22. The van der Waals surface area contributed by atoms with E-state index in [1.807, 2.05) is 24.3 Å². The van der Waals surface area contributed by atoms with Crippen molar-refractivity contribution in [2.45, 2.75) is 13.3 Å². The van der Waals surface area contributed by atoms with Crippen LogP contribution < -0.4 is 9.47 Å². The van der Waals surface area contributed by atoms with Crippen molar-refractivity contribution in [3.8, 4) is 11.5 Å². The van der Waals surface area contributed by atoms with E-state index in [1.54, 1.807) is 14.2 Å². The fourth-order valence-corrected chi connectivity index (χ4v) is 2.10. The van der Waals surface area contributed by atoms with E-state index in [-0.39, 0.29) is 0 Å². The van der Waals surface area contributed by atoms with Gasteiger partial charge in [0, 0.05) is 0 Å². The van der Waals surface area contributed by atoms with Crippen molar-refractivity contribution in [3.63, 3.8) is 0 Å². The molecule has 0 aliphatic heterocycles. The van der Waals surface area contributed by atoms with Crippen molar-refractivity contribution in [3.05, 3.63) is 59.7 Å². The second-order valence-electron chi connectivity index (χ2n) is 4.52. The summed E-state index contributed by atoms with van der Waals surface area (Å²) in [5.41, 5.74) is 3.71. The van der Waals surface area contributed by atoms with Gasteiger partial charge in [0.2, 0.25) is 0 Å². The Morgan fingerprint density at radius 3 is 1.80 bits per heavy atom. The zero-order chi connectivity index (χ0) is 14.4. The maximum Gasteiger partial charge on any atom is 0.118 e. The third kappa shape index (κ3) is 3.41. The first-order valence-corrected chi connectivity index (χ1v) is 6.76. The maximum absolute atomic E-state index is 5.19. The lowest BCUT2D eigenvalue weighted by Crippen LogP contribution is -1.86. The Labute approximate surface area is 120 Å². The number of allylic oxidation sites excluding steroid dienone is 1. The summed E-state index contributed by atoms with van der Waals surface area (Å²) >= 11 is 0. The van der Waals surface area contributed by atoms with E-state index < -0.39 is 0 Å². The minimum atomic E-state index is 0.879. The number of hydrogen-bond donors (Lipinski definition) is 0. The highest BCUT2D eigenvalue weighted by molar-refractivity contribution is 5.81. The first-order chi connectivity index (χ1) is 9.76. The van der Waals surface area contributed by atoms with Crippen LogP contribution in [0.1, 0.15) is 24.5 Å². The first kappa shape index (κ1) is 14.2. The molecule has 2 nitrogen and oxygen atoms in total. The highest BCUT2D eigenvalue weighted by Gasteiger charge is 2.01. The molecular formula is C18H20O2. The van der Waals surface area contributed by atoms with Gasteiger partial charge in [0.1, 0.15) is 11.5 Å². The molecule has 0 aliphatic carbocycles. The summed E-state index contributed by atoms with van der Waals surface area (Å²) in [6, 6.07) is 16.3. The van der Waals surface area contributed by atoms with Crippen LogP contribution in [0.2, 0.25) is 0 Å². The Bertz CT molecular complexity index is 565. The molecule has 2 rings (SSSR count). The molecule has 0 radical (unpaired) electrons. The van der Waals surface area contributed by atoms with Gasteiger partial charge in [-0.3, -0.25) is 0 Å². The molecule has 0 aromatic heterocycles. The van der Waals surface area contributed by atoms with Gasteiger partial charge >= 0.3 is 0 Å². The molecule has 0 unspecified atom stereocenters. The molecule has 2 heteroatoms. The lowest BCUT2D eigenvalue weighted by atomic mass is 10.0. The maximum atomic E-state index is 5.19. The first-order valence-electron chi connectivity index (χ1n) is 6.76. The van der Waals surface area contributed by atoms with Crippen LogP contribution in [0.15, 0.2) is 48.5 Å². The molecule has 0 saturated carbocycles. The molecule has 0 spiro atoms. The molecule has 0 saturated heterocycles. The second-order valence-corrected chi connectivity index (χ2v) is 4.52. The van der Waals surface area contributed by atoms with Gasteiger partial charge in [-0.15, -0.1) is 0 Å². The van der Waals surface area contributed by atoms with Crippen LogP contribution in [-0.2, 0) is 0 Å². The lowest BCUT2D eigenvalue weighted by Gasteiger charge is -2.07. The van der Waals surface area contributed by atoms with E-state index in [1.165, 1.54) is 16.7 Å². The molecular weight excluding hydrogens is 248 g/mol. The topological polar surface area (TPSA) is 18.5 Å². The normalized spacial score (nSPS) is 11.2. The van der Waals surface area contributed by atoms with Gasteiger partial charge in [0.05, 0.1) is 14.2 Å².